The highest BCUT2D eigenvalue weighted by Crippen LogP contribution is 2.25. The van der Waals surface area contributed by atoms with Crippen LogP contribution in [0.2, 0.25) is 0 Å². The van der Waals surface area contributed by atoms with Gasteiger partial charge in [-0.1, -0.05) is 46.6 Å². The third-order valence-electron chi connectivity index (χ3n) is 2.74. The van der Waals surface area contributed by atoms with E-state index in [1.54, 1.807) is 31.2 Å². The smallest absolute Gasteiger partial charge is 0.447 e. The molecule has 22 heavy (non-hydrogen) atoms. The highest BCUT2D eigenvalue weighted by atomic mass is 16.5. The zero-order valence-electron chi connectivity index (χ0n) is 11.9. The van der Waals surface area contributed by atoms with Gasteiger partial charge in [0.2, 0.25) is 0 Å². The van der Waals surface area contributed by atoms with Gasteiger partial charge in [0, 0.05) is 10.6 Å². The van der Waals surface area contributed by atoms with E-state index in [9.17, 15) is 4.79 Å². The SMILES string of the molecule is CCOC(=O)N=Nc1ccc(-c2ccc(N=[N+]=[N-])cc2)cc1. The molecule has 2 aromatic carbocycles. The summed E-state index contributed by atoms with van der Waals surface area (Å²) < 4.78 is 4.65. The molecule has 0 fully saturated rings. The minimum atomic E-state index is -0.708. The van der Waals surface area contributed by atoms with E-state index in [1.165, 1.54) is 0 Å². The molecule has 0 radical (unpaired) electrons. The topological polar surface area (TPSA) is 99.8 Å². The van der Waals surface area contributed by atoms with Crippen LogP contribution in [0.3, 0.4) is 0 Å². The zero-order valence-corrected chi connectivity index (χ0v) is 11.9. The second kappa shape index (κ2) is 7.56. The van der Waals surface area contributed by atoms with Crippen LogP contribution in [0.25, 0.3) is 21.6 Å². The van der Waals surface area contributed by atoms with Crippen molar-refractivity contribution < 1.29 is 9.53 Å². The average molecular weight is 295 g/mol. The van der Waals surface area contributed by atoms with Crippen LogP contribution < -0.4 is 0 Å². The number of carbonyl (C=O) groups is 1. The molecule has 110 valence electrons. The van der Waals surface area contributed by atoms with Gasteiger partial charge in [-0.3, -0.25) is 0 Å². The molecule has 2 rings (SSSR count). The molecule has 7 heteroatoms. The minimum absolute atomic E-state index is 0.267. The first-order chi connectivity index (χ1) is 10.7. The number of benzene rings is 2. The Bertz CT molecular complexity index is 717. The fourth-order valence-electron chi connectivity index (χ4n) is 1.74. The van der Waals surface area contributed by atoms with Gasteiger partial charge in [0.05, 0.1) is 12.3 Å². The Morgan fingerprint density at radius 3 is 2.09 bits per heavy atom. The van der Waals surface area contributed by atoms with E-state index in [1.807, 2.05) is 24.3 Å². The number of azo groups is 1. The average Bonchev–Trinajstić information content (AvgIpc) is 2.55. The lowest BCUT2D eigenvalue weighted by molar-refractivity contribution is 0.162. The van der Waals surface area contributed by atoms with Crippen molar-refractivity contribution in [1.29, 1.82) is 0 Å². The molecule has 0 aliphatic rings. The lowest BCUT2D eigenvalue weighted by atomic mass is 10.1. The van der Waals surface area contributed by atoms with Crippen LogP contribution in [0.5, 0.6) is 0 Å². The van der Waals surface area contributed by atoms with Gasteiger partial charge in [0.15, 0.2) is 0 Å². The number of hydrogen-bond acceptors (Lipinski definition) is 4. The Morgan fingerprint density at radius 1 is 1.05 bits per heavy atom. The molecule has 0 unspecified atom stereocenters. The van der Waals surface area contributed by atoms with E-state index in [0.29, 0.717) is 11.4 Å². The van der Waals surface area contributed by atoms with Crippen LogP contribution in [0.1, 0.15) is 6.92 Å². The first-order valence-corrected chi connectivity index (χ1v) is 6.57. The predicted octanol–water partition coefficient (Wildman–Crippen LogP) is 5.54. The van der Waals surface area contributed by atoms with Gasteiger partial charge >= 0.3 is 6.09 Å². The monoisotopic (exact) mass is 295 g/mol. The summed E-state index contributed by atoms with van der Waals surface area (Å²) in [7, 11) is 0. The van der Waals surface area contributed by atoms with E-state index >= 15 is 0 Å². The number of nitrogens with zero attached hydrogens (tertiary/aromatic N) is 5. The summed E-state index contributed by atoms with van der Waals surface area (Å²) in [6.45, 7) is 1.97. The largest absolute Gasteiger partial charge is 0.452 e. The van der Waals surface area contributed by atoms with Crippen molar-refractivity contribution in [3.63, 3.8) is 0 Å². The van der Waals surface area contributed by atoms with Crippen LogP contribution in [0, 0.1) is 0 Å². The van der Waals surface area contributed by atoms with E-state index < -0.39 is 6.09 Å². The number of ether oxygens (including phenoxy) is 1. The number of rotatable bonds is 4. The van der Waals surface area contributed by atoms with Gasteiger partial charge in [-0.2, -0.15) is 0 Å². The molecular weight excluding hydrogens is 282 g/mol. The zero-order chi connectivity index (χ0) is 15.8. The second-order valence-corrected chi connectivity index (χ2v) is 4.18. The second-order valence-electron chi connectivity index (χ2n) is 4.18. The third-order valence-corrected chi connectivity index (χ3v) is 2.74. The normalized spacial score (nSPS) is 10.2. The van der Waals surface area contributed by atoms with Crippen molar-refractivity contribution in [2.45, 2.75) is 6.92 Å². The van der Waals surface area contributed by atoms with Crippen molar-refractivity contribution >= 4 is 17.5 Å². The first kappa shape index (κ1) is 15.2. The van der Waals surface area contributed by atoms with Crippen LogP contribution in [0.4, 0.5) is 16.2 Å². The third kappa shape index (κ3) is 4.16. The van der Waals surface area contributed by atoms with E-state index in [2.05, 4.69) is 25.0 Å². The standard InChI is InChI=1S/C15H13N5O2/c1-2-22-15(21)19-17-13-7-3-11(4-8-13)12-5-9-14(10-6-12)18-20-16/h3-10H,2H2,1H3. The van der Waals surface area contributed by atoms with Crippen molar-refractivity contribution in [3.05, 3.63) is 59.0 Å². The van der Waals surface area contributed by atoms with Crippen LogP contribution in [-0.2, 0) is 4.74 Å². The maximum Gasteiger partial charge on any atom is 0.452 e. The minimum Gasteiger partial charge on any atom is -0.447 e. The fraction of sp³-hybridized carbons (Fsp3) is 0.133. The Labute approximate surface area is 126 Å². The van der Waals surface area contributed by atoms with Crippen molar-refractivity contribution in [1.82, 2.24) is 0 Å². The van der Waals surface area contributed by atoms with E-state index in [-0.39, 0.29) is 6.61 Å². The van der Waals surface area contributed by atoms with Gasteiger partial charge in [-0.15, -0.1) is 5.11 Å². The Hall–Kier alpha value is -3.18. The molecular formula is C15H13N5O2. The Balaban J connectivity index is 2.11. The van der Waals surface area contributed by atoms with Gasteiger partial charge in [-0.05, 0) is 35.7 Å². The first-order valence-electron chi connectivity index (χ1n) is 6.57. The molecule has 0 aliphatic carbocycles. The summed E-state index contributed by atoms with van der Waals surface area (Å²) in [4.78, 5) is 13.8. The highest BCUT2D eigenvalue weighted by molar-refractivity contribution is 5.69. The molecule has 0 aromatic heterocycles. The van der Waals surface area contributed by atoms with Crippen LogP contribution in [0.15, 0.2) is 63.9 Å². The molecule has 0 N–H and O–H groups in total. The van der Waals surface area contributed by atoms with E-state index in [0.717, 1.165) is 11.1 Å². The Morgan fingerprint density at radius 2 is 1.59 bits per heavy atom. The lowest BCUT2D eigenvalue weighted by Crippen LogP contribution is -1.95. The van der Waals surface area contributed by atoms with Crippen molar-refractivity contribution in [2.75, 3.05) is 6.61 Å². The van der Waals surface area contributed by atoms with Gasteiger partial charge in [0.1, 0.15) is 0 Å². The molecule has 0 heterocycles. The maximum absolute atomic E-state index is 11.1. The van der Waals surface area contributed by atoms with Gasteiger partial charge in [-0.25, -0.2) is 4.79 Å². The molecule has 0 saturated carbocycles. The van der Waals surface area contributed by atoms with Crippen LogP contribution >= 0.6 is 0 Å². The number of azide groups is 1. The van der Waals surface area contributed by atoms with Gasteiger partial charge < -0.3 is 4.74 Å². The number of hydrogen-bond donors (Lipinski definition) is 0. The summed E-state index contributed by atoms with van der Waals surface area (Å²) in [6.07, 6.45) is -0.708. The molecule has 0 bridgehead atoms. The van der Waals surface area contributed by atoms with Gasteiger partial charge in [0.25, 0.3) is 0 Å². The molecule has 0 aliphatic heterocycles. The predicted molar refractivity (Wildman–Crippen MR) is 82.2 cm³/mol. The molecule has 0 atom stereocenters. The summed E-state index contributed by atoms with van der Waals surface area (Å²) in [5, 5.41) is 10.8. The summed E-state index contributed by atoms with van der Waals surface area (Å²) >= 11 is 0. The van der Waals surface area contributed by atoms with Crippen molar-refractivity contribution in [2.24, 2.45) is 15.3 Å². The molecule has 7 nitrogen and oxygen atoms in total. The summed E-state index contributed by atoms with van der Waals surface area (Å²) in [5.41, 5.74) is 11.4. The molecule has 1 amide bonds. The van der Waals surface area contributed by atoms with Crippen molar-refractivity contribution in [3.8, 4) is 11.1 Å². The van der Waals surface area contributed by atoms with E-state index in [4.69, 9.17) is 5.53 Å². The molecule has 0 spiro atoms. The number of amides is 1. The highest BCUT2D eigenvalue weighted by Gasteiger charge is 2.00. The molecule has 2 aromatic rings. The molecule has 0 saturated heterocycles. The summed E-state index contributed by atoms with van der Waals surface area (Å²) in [6, 6.07) is 14.4. The lowest BCUT2D eigenvalue weighted by Gasteiger charge is -2.02. The number of carbonyl (C=O) groups excluding carboxylic acids is 1. The fourth-order valence-corrected chi connectivity index (χ4v) is 1.74. The quantitative estimate of drug-likeness (QED) is 0.420. The van der Waals surface area contributed by atoms with Crippen LogP contribution in [-0.4, -0.2) is 12.7 Å². The summed E-state index contributed by atoms with van der Waals surface area (Å²) in [5.74, 6) is 0. The maximum atomic E-state index is 11.1. The Kier molecular flexibility index (Phi) is 5.23.